The highest BCUT2D eigenvalue weighted by Gasteiger charge is 2.48. The molecule has 0 N–H and O–H groups in total. The molecule has 350 valence electrons. The molecule has 10 unspecified atom stereocenters. The second-order valence-electron chi connectivity index (χ2n) is 16.1. The van der Waals surface area contributed by atoms with Gasteiger partial charge in [-0.1, -0.05) is 52.0 Å². The van der Waals surface area contributed by atoms with Crippen LogP contribution in [0.3, 0.4) is 0 Å². The molecule has 1 aromatic rings. The van der Waals surface area contributed by atoms with Crippen LogP contribution < -0.4 is 4.74 Å². The van der Waals surface area contributed by atoms with Crippen molar-refractivity contribution in [1.29, 1.82) is 0 Å². The first-order valence-corrected chi connectivity index (χ1v) is 22.4. The van der Waals surface area contributed by atoms with E-state index in [9.17, 15) is 19.7 Å². The molecule has 2 aliphatic rings. The van der Waals surface area contributed by atoms with Crippen LogP contribution in [-0.4, -0.2) is 119 Å². The van der Waals surface area contributed by atoms with Gasteiger partial charge in [0.25, 0.3) is 5.69 Å². The minimum atomic E-state index is -0.950. The van der Waals surface area contributed by atoms with Crippen LogP contribution in [0.4, 0.5) is 10.5 Å². The fraction of sp³-hybridized carbons (Fsp3) is 0.702. The molecule has 62 heavy (non-hydrogen) atoms. The molecule has 15 heteroatoms. The standard InChI is InChI=1S/C47H73NO14/c1-10-40(57-29-26-54-12-3)36(8)45-42(60-45)32-47(9,58-30-27-55-13-4)24-14-15-34(6)44-35(7)17-23-41(61-46(50)59-38-21-18-37(19-22-38)48(51)52)33(5)16-20-39(31-43(49)62-44)56-28-25-53-11-2/h14-15,17-19,21-24,33,35-36,39-42,44-45H,10-13,16,20,25-32H2,1-9H3/b23-17+,24-14+,34-15+. The average Bonchev–Trinajstić information content (AvgIpc) is 4.01. The predicted octanol–water partition coefficient (Wildman–Crippen LogP) is 8.76. The number of esters is 1. The lowest BCUT2D eigenvalue weighted by Gasteiger charge is -2.28. The predicted molar refractivity (Wildman–Crippen MR) is 234 cm³/mol. The van der Waals surface area contributed by atoms with Crippen LogP contribution in [0.2, 0.25) is 0 Å². The average molecular weight is 876 g/mol. The molecule has 1 fully saturated rings. The van der Waals surface area contributed by atoms with E-state index in [4.69, 9.17) is 47.4 Å². The first-order valence-electron chi connectivity index (χ1n) is 22.4. The summed E-state index contributed by atoms with van der Waals surface area (Å²) in [6, 6.07) is 5.18. The summed E-state index contributed by atoms with van der Waals surface area (Å²) in [5.74, 6) is -0.598. The van der Waals surface area contributed by atoms with Gasteiger partial charge >= 0.3 is 12.1 Å². The Morgan fingerprint density at radius 2 is 1.61 bits per heavy atom. The number of nitrogens with zero attached hydrogens (tertiary/aromatic N) is 1. The number of carbonyl (C=O) groups excluding carboxylic acids is 2. The smallest absolute Gasteiger partial charge is 0.457 e. The van der Waals surface area contributed by atoms with Gasteiger partial charge in [0.1, 0.15) is 18.0 Å². The van der Waals surface area contributed by atoms with Crippen LogP contribution >= 0.6 is 0 Å². The van der Waals surface area contributed by atoms with Gasteiger partial charge in [0.05, 0.1) is 81.0 Å². The number of benzene rings is 1. The van der Waals surface area contributed by atoms with Crippen molar-refractivity contribution in [3.05, 3.63) is 70.3 Å². The van der Waals surface area contributed by atoms with Crippen LogP contribution in [0.15, 0.2) is 60.2 Å². The summed E-state index contributed by atoms with van der Waals surface area (Å²) in [6.45, 7) is 22.4. The molecule has 2 heterocycles. The zero-order valence-corrected chi connectivity index (χ0v) is 38.5. The first kappa shape index (κ1) is 52.6. The van der Waals surface area contributed by atoms with Gasteiger partial charge < -0.3 is 47.4 Å². The molecule has 0 aliphatic carbocycles. The number of hydrogen-bond acceptors (Lipinski definition) is 14. The molecule has 0 radical (unpaired) electrons. The number of hydrogen-bond donors (Lipinski definition) is 0. The maximum atomic E-state index is 13.6. The Morgan fingerprint density at radius 1 is 0.952 bits per heavy atom. The number of nitro groups is 1. The number of rotatable bonds is 26. The Hall–Kier alpha value is -3.70. The Bertz CT molecular complexity index is 1570. The maximum absolute atomic E-state index is 13.6. The minimum Gasteiger partial charge on any atom is -0.457 e. The molecule has 2 aliphatic heterocycles. The second-order valence-corrected chi connectivity index (χ2v) is 16.1. The summed E-state index contributed by atoms with van der Waals surface area (Å²) >= 11 is 0. The molecule has 0 spiro atoms. The summed E-state index contributed by atoms with van der Waals surface area (Å²) in [5, 5.41) is 11.1. The lowest BCUT2D eigenvalue weighted by molar-refractivity contribution is -0.384. The normalized spacial score (nSPS) is 26.0. The number of nitro benzene ring substituents is 1. The van der Waals surface area contributed by atoms with Crippen LogP contribution in [0.1, 0.15) is 94.4 Å². The molecule has 0 saturated carbocycles. The number of epoxide rings is 1. The first-order chi connectivity index (χ1) is 29.7. The number of non-ortho nitro benzene ring substituents is 1. The van der Waals surface area contributed by atoms with Gasteiger partial charge in [-0.2, -0.15) is 0 Å². The van der Waals surface area contributed by atoms with Crippen LogP contribution in [0.5, 0.6) is 5.75 Å². The lowest BCUT2D eigenvalue weighted by Crippen LogP contribution is -2.32. The van der Waals surface area contributed by atoms with Crippen LogP contribution in [-0.2, 0) is 47.4 Å². The lowest BCUT2D eigenvalue weighted by atomic mass is 9.90. The van der Waals surface area contributed by atoms with E-state index in [1.165, 1.54) is 24.3 Å². The highest BCUT2D eigenvalue weighted by atomic mass is 16.7. The summed E-state index contributed by atoms with van der Waals surface area (Å²) in [6.07, 6.45) is 9.48. The summed E-state index contributed by atoms with van der Waals surface area (Å²) in [5.41, 5.74) is -0.0209. The minimum absolute atomic E-state index is 0.00791. The summed E-state index contributed by atoms with van der Waals surface area (Å²) < 4.78 is 58.9. The molecule has 0 amide bonds. The summed E-state index contributed by atoms with van der Waals surface area (Å²) in [7, 11) is 0. The van der Waals surface area contributed by atoms with E-state index >= 15 is 0 Å². The van der Waals surface area contributed by atoms with Crippen molar-refractivity contribution in [3.63, 3.8) is 0 Å². The topological polar surface area (TPSA) is 173 Å². The third-order valence-corrected chi connectivity index (χ3v) is 11.1. The highest BCUT2D eigenvalue weighted by Crippen LogP contribution is 2.39. The molecule has 1 aromatic carbocycles. The second kappa shape index (κ2) is 28.2. The van der Waals surface area contributed by atoms with Gasteiger partial charge in [-0.25, -0.2) is 4.79 Å². The number of allylic oxidation sites excluding steroid dienone is 2. The monoisotopic (exact) mass is 876 g/mol. The maximum Gasteiger partial charge on any atom is 0.514 e. The van der Waals surface area contributed by atoms with Gasteiger partial charge in [-0.15, -0.1) is 0 Å². The highest BCUT2D eigenvalue weighted by molar-refractivity contribution is 5.70. The van der Waals surface area contributed by atoms with E-state index in [2.05, 4.69) is 13.8 Å². The zero-order chi connectivity index (χ0) is 45.5. The fourth-order valence-corrected chi connectivity index (χ4v) is 7.45. The van der Waals surface area contributed by atoms with E-state index < -0.39 is 35.0 Å². The Kier molecular flexibility index (Phi) is 23.9. The van der Waals surface area contributed by atoms with Crippen molar-refractivity contribution in [1.82, 2.24) is 0 Å². The van der Waals surface area contributed by atoms with E-state index in [-0.39, 0.29) is 59.9 Å². The van der Waals surface area contributed by atoms with Crippen molar-refractivity contribution in [3.8, 4) is 5.75 Å². The number of carbonyl (C=O) groups is 2. The molecular weight excluding hydrogens is 803 g/mol. The molecule has 10 atom stereocenters. The van der Waals surface area contributed by atoms with E-state index in [0.717, 1.165) is 12.0 Å². The molecule has 0 bridgehead atoms. The molecule has 15 nitrogen and oxygen atoms in total. The van der Waals surface area contributed by atoms with Crippen molar-refractivity contribution >= 4 is 17.8 Å². The van der Waals surface area contributed by atoms with E-state index in [1.807, 2.05) is 72.8 Å². The third-order valence-electron chi connectivity index (χ3n) is 11.1. The Labute approximate surface area is 368 Å². The van der Waals surface area contributed by atoms with Crippen molar-refractivity contribution in [2.45, 2.75) is 137 Å². The van der Waals surface area contributed by atoms with Crippen molar-refractivity contribution in [2.75, 3.05) is 59.5 Å². The van der Waals surface area contributed by atoms with Gasteiger partial charge in [0.2, 0.25) is 0 Å². The zero-order valence-electron chi connectivity index (χ0n) is 38.5. The fourth-order valence-electron chi connectivity index (χ4n) is 7.45. The summed E-state index contributed by atoms with van der Waals surface area (Å²) in [4.78, 5) is 37.2. The van der Waals surface area contributed by atoms with Gasteiger partial charge in [-0.05, 0) is 83.6 Å². The van der Waals surface area contributed by atoms with Crippen molar-refractivity contribution in [2.24, 2.45) is 17.8 Å². The number of ether oxygens (including phenoxy) is 10. The largest absolute Gasteiger partial charge is 0.514 e. The third kappa shape index (κ3) is 19.0. The molecule has 1 saturated heterocycles. The Morgan fingerprint density at radius 3 is 2.26 bits per heavy atom. The molecule has 0 aromatic heterocycles. The van der Waals surface area contributed by atoms with E-state index in [0.29, 0.717) is 78.7 Å². The Balaban J connectivity index is 1.83. The SMILES string of the molecule is CCOCCOC1CCC(C)C(OC(=O)Oc2ccc([N+](=O)[O-])cc2)/C=C/C(C)C(/C(C)=C/C=C/C(C)(CC2OC2C(C)C(CC)OCCOCC)OCCOCC)OC(=O)C1. The molecule has 3 rings (SSSR count). The van der Waals surface area contributed by atoms with Crippen LogP contribution in [0, 0.1) is 27.9 Å². The van der Waals surface area contributed by atoms with Gasteiger partial charge in [0, 0.05) is 50.2 Å². The van der Waals surface area contributed by atoms with Gasteiger partial charge in [-0.3, -0.25) is 14.9 Å². The molecular formula is C47H73NO14. The van der Waals surface area contributed by atoms with E-state index in [1.54, 1.807) is 6.08 Å². The van der Waals surface area contributed by atoms with Crippen LogP contribution in [0.25, 0.3) is 0 Å². The van der Waals surface area contributed by atoms with Gasteiger partial charge in [0.15, 0.2) is 0 Å². The number of cyclic esters (lactones) is 1. The quantitative estimate of drug-likeness (QED) is 0.0126. The van der Waals surface area contributed by atoms with Crippen molar-refractivity contribution < 1.29 is 61.9 Å².